The zero-order valence-electron chi connectivity index (χ0n) is 21.1. The smallest absolute Gasteiger partial charge is 0.264 e. The van der Waals surface area contributed by atoms with Gasteiger partial charge in [-0.2, -0.15) is 0 Å². The topological polar surface area (TPSA) is 79.4 Å². The van der Waals surface area contributed by atoms with E-state index in [0.717, 1.165) is 15.6 Å². The van der Waals surface area contributed by atoms with Gasteiger partial charge in [0.25, 0.3) is 10.0 Å². The molecule has 1 aliphatic rings. The molecule has 0 N–H and O–H groups in total. The van der Waals surface area contributed by atoms with Crippen molar-refractivity contribution in [3.05, 3.63) is 77.3 Å². The molecule has 0 atom stereocenters. The van der Waals surface area contributed by atoms with E-state index in [4.69, 9.17) is 21.1 Å². The van der Waals surface area contributed by atoms with E-state index in [9.17, 15) is 13.2 Å². The fourth-order valence-corrected chi connectivity index (χ4v) is 5.94. The molecule has 1 amide bonds. The van der Waals surface area contributed by atoms with Crippen LogP contribution in [-0.4, -0.2) is 66.2 Å². The number of para-hydroxylation sites is 2. The summed E-state index contributed by atoms with van der Waals surface area (Å²) in [6, 6.07) is 18.6. The molecule has 1 fully saturated rings. The van der Waals surface area contributed by atoms with Gasteiger partial charge < -0.3 is 19.3 Å². The average molecular weight is 544 g/mol. The van der Waals surface area contributed by atoms with E-state index in [1.54, 1.807) is 41.3 Å². The molecule has 0 radical (unpaired) electrons. The number of carbonyl (C=O) groups is 1. The number of ether oxygens (including phenoxy) is 2. The zero-order valence-corrected chi connectivity index (χ0v) is 22.6. The number of nitrogens with zero attached hydrogens (tertiary/aromatic N) is 3. The summed E-state index contributed by atoms with van der Waals surface area (Å²) in [4.78, 5) is 17.4. The number of halogens is 1. The lowest BCUT2D eigenvalue weighted by Crippen LogP contribution is -2.52. The molecule has 1 aliphatic heterocycles. The van der Waals surface area contributed by atoms with Crippen LogP contribution in [0.25, 0.3) is 0 Å². The van der Waals surface area contributed by atoms with Gasteiger partial charge in [-0.25, -0.2) is 8.42 Å². The van der Waals surface area contributed by atoms with Crippen LogP contribution in [-0.2, 0) is 14.8 Å². The normalized spacial score (nSPS) is 13.8. The molecule has 0 aromatic heterocycles. The van der Waals surface area contributed by atoms with E-state index in [2.05, 4.69) is 4.90 Å². The van der Waals surface area contributed by atoms with Gasteiger partial charge in [-0.05, 0) is 61.0 Å². The molecule has 0 spiro atoms. The third kappa shape index (κ3) is 5.78. The van der Waals surface area contributed by atoms with Gasteiger partial charge in [0.05, 0.1) is 24.8 Å². The summed E-state index contributed by atoms with van der Waals surface area (Å²) in [5.41, 5.74) is 2.44. The van der Waals surface area contributed by atoms with Crippen LogP contribution in [0.4, 0.5) is 11.4 Å². The molecular formula is C27H30ClN3O5S. The quantitative estimate of drug-likeness (QED) is 0.423. The molecular weight excluding hydrogens is 514 g/mol. The summed E-state index contributed by atoms with van der Waals surface area (Å²) < 4.78 is 39.2. The van der Waals surface area contributed by atoms with E-state index in [-0.39, 0.29) is 17.3 Å². The number of anilines is 2. The van der Waals surface area contributed by atoms with Crippen LogP contribution in [0, 0.1) is 6.92 Å². The largest absolute Gasteiger partial charge is 0.497 e. The van der Waals surface area contributed by atoms with Gasteiger partial charge in [-0.3, -0.25) is 9.10 Å². The third-order valence-electron chi connectivity index (χ3n) is 6.42. The zero-order chi connectivity index (χ0) is 26.6. The van der Waals surface area contributed by atoms with Crippen LogP contribution >= 0.6 is 11.6 Å². The predicted octanol–water partition coefficient (Wildman–Crippen LogP) is 4.21. The van der Waals surface area contributed by atoms with E-state index < -0.39 is 10.0 Å². The molecule has 4 rings (SSSR count). The van der Waals surface area contributed by atoms with Crippen molar-refractivity contribution in [1.29, 1.82) is 0 Å². The summed E-state index contributed by atoms with van der Waals surface area (Å²) >= 11 is 6.19. The van der Waals surface area contributed by atoms with Gasteiger partial charge in [-0.1, -0.05) is 29.8 Å². The molecule has 1 saturated heterocycles. The number of rotatable bonds is 8. The second-order valence-corrected chi connectivity index (χ2v) is 11.0. The molecule has 3 aromatic rings. The third-order valence-corrected chi connectivity index (χ3v) is 8.43. The summed E-state index contributed by atoms with van der Waals surface area (Å²) in [5.74, 6) is 0.603. The first-order valence-corrected chi connectivity index (χ1v) is 13.6. The van der Waals surface area contributed by atoms with Crippen LogP contribution < -0.4 is 18.7 Å². The first-order chi connectivity index (χ1) is 17.7. The van der Waals surface area contributed by atoms with Crippen molar-refractivity contribution < 1.29 is 22.7 Å². The van der Waals surface area contributed by atoms with Gasteiger partial charge in [-0.15, -0.1) is 0 Å². The van der Waals surface area contributed by atoms with Crippen molar-refractivity contribution in [2.24, 2.45) is 0 Å². The molecule has 8 nitrogen and oxygen atoms in total. The Morgan fingerprint density at radius 3 is 2.27 bits per heavy atom. The molecule has 10 heteroatoms. The maximum atomic E-state index is 13.8. The molecule has 0 bridgehead atoms. The average Bonchev–Trinajstić information content (AvgIpc) is 2.93. The SMILES string of the molecule is COc1ccc(S(=O)(=O)N(CC(=O)N2CCN(c3cc(Cl)ccc3C)CC2)c2ccccc2OC)cc1. The van der Waals surface area contributed by atoms with Crippen molar-refractivity contribution in [3.63, 3.8) is 0 Å². The van der Waals surface area contributed by atoms with Crippen molar-refractivity contribution in [2.45, 2.75) is 11.8 Å². The first kappa shape index (κ1) is 26.6. The minimum atomic E-state index is -4.08. The van der Waals surface area contributed by atoms with Gasteiger partial charge in [0.1, 0.15) is 18.0 Å². The number of hydrogen-bond acceptors (Lipinski definition) is 6. The summed E-state index contributed by atoms with van der Waals surface area (Å²) in [6.07, 6.45) is 0. The van der Waals surface area contributed by atoms with Gasteiger partial charge in [0, 0.05) is 36.9 Å². The Labute approximate surface area is 223 Å². The Kier molecular flexibility index (Phi) is 8.14. The molecule has 0 aliphatic carbocycles. The van der Waals surface area contributed by atoms with Crippen molar-refractivity contribution >= 4 is 38.9 Å². The van der Waals surface area contributed by atoms with E-state index in [0.29, 0.717) is 48.4 Å². The lowest BCUT2D eigenvalue weighted by molar-refractivity contribution is -0.129. The van der Waals surface area contributed by atoms with E-state index >= 15 is 0 Å². The number of methoxy groups -OCH3 is 2. The monoisotopic (exact) mass is 543 g/mol. The van der Waals surface area contributed by atoms with Crippen LogP contribution in [0.2, 0.25) is 5.02 Å². The standard InChI is InChI=1S/C27H30ClN3O5S/c1-20-8-9-21(28)18-25(20)29-14-16-30(17-15-29)27(32)19-31(24-6-4-5-7-26(24)36-3)37(33,34)23-12-10-22(35-2)11-13-23/h4-13,18H,14-17,19H2,1-3H3. The predicted molar refractivity (Wildman–Crippen MR) is 146 cm³/mol. The number of hydrogen-bond donors (Lipinski definition) is 0. The second kappa shape index (κ2) is 11.3. The molecule has 0 saturated carbocycles. The van der Waals surface area contributed by atoms with Crippen LogP contribution in [0.3, 0.4) is 0 Å². The maximum Gasteiger partial charge on any atom is 0.264 e. The number of sulfonamides is 1. The highest BCUT2D eigenvalue weighted by Crippen LogP contribution is 2.33. The van der Waals surface area contributed by atoms with Crippen molar-refractivity contribution in [2.75, 3.05) is 56.1 Å². The molecule has 37 heavy (non-hydrogen) atoms. The van der Waals surface area contributed by atoms with Crippen LogP contribution in [0.1, 0.15) is 5.56 Å². The lowest BCUT2D eigenvalue weighted by atomic mass is 10.1. The van der Waals surface area contributed by atoms with E-state index in [1.807, 2.05) is 25.1 Å². The number of carbonyl (C=O) groups excluding carboxylic acids is 1. The Morgan fingerprint density at radius 1 is 0.946 bits per heavy atom. The van der Waals surface area contributed by atoms with E-state index in [1.165, 1.54) is 26.4 Å². The Balaban J connectivity index is 1.57. The highest BCUT2D eigenvalue weighted by molar-refractivity contribution is 7.92. The fourth-order valence-electron chi connectivity index (χ4n) is 4.35. The van der Waals surface area contributed by atoms with Crippen molar-refractivity contribution in [1.82, 2.24) is 4.90 Å². The fraction of sp³-hybridized carbons (Fsp3) is 0.296. The molecule has 0 unspecified atom stereocenters. The Bertz CT molecular complexity index is 1360. The Hall–Kier alpha value is -3.43. The summed E-state index contributed by atoms with van der Waals surface area (Å²) in [7, 11) is -1.11. The summed E-state index contributed by atoms with van der Waals surface area (Å²) in [6.45, 7) is 3.84. The first-order valence-electron chi connectivity index (χ1n) is 11.8. The minimum Gasteiger partial charge on any atom is -0.497 e. The lowest BCUT2D eigenvalue weighted by Gasteiger charge is -2.37. The number of amides is 1. The second-order valence-electron chi connectivity index (χ2n) is 8.66. The van der Waals surface area contributed by atoms with Gasteiger partial charge >= 0.3 is 0 Å². The van der Waals surface area contributed by atoms with Crippen LogP contribution in [0.15, 0.2) is 71.6 Å². The number of piperazine rings is 1. The van der Waals surface area contributed by atoms with Gasteiger partial charge in [0.2, 0.25) is 5.91 Å². The molecule has 1 heterocycles. The Morgan fingerprint density at radius 2 is 1.62 bits per heavy atom. The summed E-state index contributed by atoms with van der Waals surface area (Å²) in [5, 5.41) is 0.662. The molecule has 196 valence electrons. The number of aryl methyl sites for hydroxylation is 1. The van der Waals surface area contributed by atoms with Crippen molar-refractivity contribution in [3.8, 4) is 11.5 Å². The van der Waals surface area contributed by atoms with Crippen LogP contribution in [0.5, 0.6) is 11.5 Å². The highest BCUT2D eigenvalue weighted by atomic mass is 35.5. The minimum absolute atomic E-state index is 0.0493. The highest BCUT2D eigenvalue weighted by Gasteiger charge is 2.32. The van der Waals surface area contributed by atoms with Gasteiger partial charge in [0.15, 0.2) is 0 Å². The maximum absolute atomic E-state index is 13.8. The molecule has 3 aromatic carbocycles. The number of benzene rings is 3.